The number of hydrogen-bond donors (Lipinski definition) is 1. The van der Waals surface area contributed by atoms with E-state index in [4.69, 9.17) is 4.74 Å². The maximum atomic E-state index is 13.7. The van der Waals surface area contributed by atoms with E-state index >= 15 is 0 Å². The van der Waals surface area contributed by atoms with Gasteiger partial charge >= 0.3 is 0 Å². The number of benzene rings is 2. The van der Waals surface area contributed by atoms with Crippen LogP contribution in [-0.4, -0.2) is 25.0 Å². The highest BCUT2D eigenvalue weighted by Gasteiger charge is 2.10. The van der Waals surface area contributed by atoms with Gasteiger partial charge in [0.25, 0.3) is 5.91 Å². The van der Waals surface area contributed by atoms with Gasteiger partial charge in [0.15, 0.2) is 11.6 Å². The maximum absolute atomic E-state index is 13.7. The third kappa shape index (κ3) is 4.41. The molecule has 1 N–H and O–H groups in total. The number of carbonyl (C=O) groups is 1. The highest BCUT2D eigenvalue weighted by atomic mass is 19.1. The Morgan fingerprint density at radius 2 is 1.93 bits per heavy atom. The molecule has 0 radical (unpaired) electrons. The van der Waals surface area contributed by atoms with E-state index in [2.05, 4.69) is 10.3 Å². The van der Waals surface area contributed by atoms with Crippen molar-refractivity contribution in [1.29, 1.82) is 0 Å². The average Bonchev–Trinajstić information content (AvgIpc) is 2.72. The lowest BCUT2D eigenvalue weighted by Gasteiger charge is -2.18. The first-order valence-electron chi connectivity index (χ1n) is 8.44. The zero-order valence-electron chi connectivity index (χ0n) is 15.1. The highest BCUT2D eigenvalue weighted by Crippen LogP contribution is 2.21. The zero-order valence-corrected chi connectivity index (χ0v) is 15.1. The smallest absolute Gasteiger partial charge is 0.253 e. The Morgan fingerprint density at radius 3 is 2.56 bits per heavy atom. The Kier molecular flexibility index (Phi) is 5.66. The first-order valence-corrected chi connectivity index (χ1v) is 8.44. The van der Waals surface area contributed by atoms with Crippen molar-refractivity contribution in [2.24, 2.45) is 0 Å². The van der Waals surface area contributed by atoms with Crippen LogP contribution in [-0.2, 0) is 6.54 Å². The molecule has 0 fully saturated rings. The predicted octanol–water partition coefficient (Wildman–Crippen LogP) is 3.93. The molecule has 138 valence electrons. The van der Waals surface area contributed by atoms with Gasteiger partial charge in [0.2, 0.25) is 0 Å². The summed E-state index contributed by atoms with van der Waals surface area (Å²) in [5.41, 5.74) is 2.09. The second-order valence-electron chi connectivity index (χ2n) is 5.95. The summed E-state index contributed by atoms with van der Waals surface area (Å²) in [6, 6.07) is 17.9. The molecular formula is C21H20FN3O2. The maximum Gasteiger partial charge on any atom is 0.253 e. The van der Waals surface area contributed by atoms with Crippen molar-refractivity contribution in [1.82, 2.24) is 10.3 Å². The minimum Gasteiger partial charge on any atom is -0.494 e. The summed E-state index contributed by atoms with van der Waals surface area (Å²) in [4.78, 5) is 18.6. The fraction of sp³-hybridized carbons (Fsp3) is 0.143. The SMILES string of the molecule is COc1ccc(CNC(=O)c2ccc(N(C)c3ccccc3)nc2)cc1F. The third-order valence-electron chi connectivity index (χ3n) is 4.17. The fourth-order valence-electron chi connectivity index (χ4n) is 2.61. The lowest BCUT2D eigenvalue weighted by atomic mass is 10.2. The summed E-state index contributed by atoms with van der Waals surface area (Å²) >= 11 is 0. The fourth-order valence-corrected chi connectivity index (χ4v) is 2.61. The van der Waals surface area contributed by atoms with Gasteiger partial charge in [-0.25, -0.2) is 9.37 Å². The van der Waals surface area contributed by atoms with Gasteiger partial charge in [-0.05, 0) is 42.0 Å². The van der Waals surface area contributed by atoms with Crippen LogP contribution < -0.4 is 15.0 Å². The Bertz CT molecular complexity index is 914. The van der Waals surface area contributed by atoms with Crippen LogP contribution in [0.5, 0.6) is 5.75 Å². The van der Waals surface area contributed by atoms with Gasteiger partial charge in [0, 0.05) is 25.5 Å². The molecule has 1 heterocycles. The molecule has 1 aromatic heterocycles. The Hall–Kier alpha value is -3.41. The third-order valence-corrected chi connectivity index (χ3v) is 4.17. The lowest BCUT2D eigenvalue weighted by Crippen LogP contribution is -2.23. The molecule has 5 nitrogen and oxygen atoms in total. The van der Waals surface area contributed by atoms with Gasteiger partial charge < -0.3 is 15.0 Å². The van der Waals surface area contributed by atoms with E-state index in [9.17, 15) is 9.18 Å². The van der Waals surface area contributed by atoms with Crippen molar-refractivity contribution in [3.05, 3.63) is 83.8 Å². The number of ether oxygens (including phenoxy) is 1. The largest absolute Gasteiger partial charge is 0.494 e. The Labute approximate surface area is 157 Å². The molecule has 0 spiro atoms. The normalized spacial score (nSPS) is 10.3. The molecule has 6 heteroatoms. The molecule has 0 saturated carbocycles. The van der Waals surface area contributed by atoms with Crippen LogP contribution in [0.1, 0.15) is 15.9 Å². The lowest BCUT2D eigenvalue weighted by molar-refractivity contribution is 0.0950. The van der Waals surface area contributed by atoms with Crippen LogP contribution in [0.3, 0.4) is 0 Å². The van der Waals surface area contributed by atoms with E-state index in [1.165, 1.54) is 25.4 Å². The van der Waals surface area contributed by atoms with Crippen LogP contribution >= 0.6 is 0 Å². The van der Waals surface area contributed by atoms with Crippen molar-refractivity contribution in [3.8, 4) is 5.75 Å². The molecule has 0 aliphatic carbocycles. The van der Waals surface area contributed by atoms with E-state index in [-0.39, 0.29) is 18.2 Å². The number of nitrogens with one attached hydrogen (secondary N) is 1. The predicted molar refractivity (Wildman–Crippen MR) is 103 cm³/mol. The zero-order chi connectivity index (χ0) is 19.2. The summed E-state index contributed by atoms with van der Waals surface area (Å²) < 4.78 is 18.6. The van der Waals surface area contributed by atoms with Gasteiger partial charge in [-0.3, -0.25) is 4.79 Å². The van der Waals surface area contributed by atoms with Crippen molar-refractivity contribution in [2.45, 2.75) is 6.54 Å². The van der Waals surface area contributed by atoms with Gasteiger partial charge in [-0.2, -0.15) is 0 Å². The minimum atomic E-state index is -0.459. The molecule has 3 rings (SSSR count). The molecule has 0 aliphatic heterocycles. The molecule has 0 saturated heterocycles. The highest BCUT2D eigenvalue weighted by molar-refractivity contribution is 5.94. The van der Waals surface area contributed by atoms with Crippen LogP contribution in [0, 0.1) is 5.82 Å². The Balaban J connectivity index is 1.63. The number of hydrogen-bond acceptors (Lipinski definition) is 4. The topological polar surface area (TPSA) is 54.5 Å². The van der Waals surface area contributed by atoms with E-state index in [0.29, 0.717) is 11.1 Å². The molecule has 0 unspecified atom stereocenters. The molecule has 0 atom stereocenters. The summed E-state index contributed by atoms with van der Waals surface area (Å²) in [6.45, 7) is 0.214. The number of aromatic nitrogens is 1. The van der Waals surface area contributed by atoms with Crippen LogP contribution in [0.4, 0.5) is 15.9 Å². The molecule has 0 bridgehead atoms. The second-order valence-corrected chi connectivity index (χ2v) is 5.95. The van der Waals surface area contributed by atoms with Gasteiger partial charge in [0.05, 0.1) is 12.7 Å². The number of anilines is 2. The Morgan fingerprint density at radius 1 is 1.15 bits per heavy atom. The first-order chi connectivity index (χ1) is 13.1. The van der Waals surface area contributed by atoms with Crippen molar-refractivity contribution < 1.29 is 13.9 Å². The molecule has 27 heavy (non-hydrogen) atoms. The molecule has 2 aromatic carbocycles. The van der Waals surface area contributed by atoms with E-state index in [0.717, 1.165) is 11.5 Å². The van der Waals surface area contributed by atoms with Crippen LogP contribution in [0.25, 0.3) is 0 Å². The first kappa shape index (κ1) is 18.4. The number of rotatable bonds is 6. The van der Waals surface area contributed by atoms with Crippen LogP contribution in [0.2, 0.25) is 0 Å². The van der Waals surface area contributed by atoms with Crippen LogP contribution in [0.15, 0.2) is 66.9 Å². The number of halogens is 1. The van der Waals surface area contributed by atoms with Gasteiger partial charge in [0.1, 0.15) is 5.82 Å². The molecule has 0 aliphatic rings. The summed E-state index contributed by atoms with van der Waals surface area (Å²) in [7, 11) is 3.32. The van der Waals surface area contributed by atoms with Gasteiger partial charge in [-0.15, -0.1) is 0 Å². The number of carbonyl (C=O) groups excluding carboxylic acids is 1. The minimum absolute atomic E-state index is 0.174. The molecule has 3 aromatic rings. The second kappa shape index (κ2) is 8.31. The molecule has 1 amide bonds. The number of para-hydroxylation sites is 1. The number of amides is 1. The van der Waals surface area contributed by atoms with Crippen molar-refractivity contribution in [3.63, 3.8) is 0 Å². The monoisotopic (exact) mass is 365 g/mol. The van der Waals surface area contributed by atoms with Crippen molar-refractivity contribution in [2.75, 3.05) is 19.1 Å². The number of nitrogens with zero attached hydrogens (tertiary/aromatic N) is 2. The quantitative estimate of drug-likeness (QED) is 0.719. The molecular weight excluding hydrogens is 345 g/mol. The van der Waals surface area contributed by atoms with E-state index in [1.54, 1.807) is 18.2 Å². The summed E-state index contributed by atoms with van der Waals surface area (Å²) in [5.74, 6) is 0.175. The average molecular weight is 365 g/mol. The number of pyridine rings is 1. The van der Waals surface area contributed by atoms with E-state index < -0.39 is 5.82 Å². The summed E-state index contributed by atoms with van der Waals surface area (Å²) in [5, 5.41) is 2.76. The van der Waals surface area contributed by atoms with Crippen molar-refractivity contribution >= 4 is 17.4 Å². The standard InChI is InChI=1S/C21H20FN3O2/c1-25(17-6-4-3-5-7-17)20-11-9-16(14-23-20)21(26)24-13-15-8-10-19(27-2)18(22)12-15/h3-12,14H,13H2,1-2H3,(H,24,26). The van der Waals surface area contributed by atoms with Gasteiger partial charge in [-0.1, -0.05) is 24.3 Å². The summed E-state index contributed by atoms with van der Waals surface area (Å²) in [6.07, 6.45) is 1.53. The number of methoxy groups -OCH3 is 1. The van der Waals surface area contributed by atoms with E-state index in [1.807, 2.05) is 42.3 Å².